The molecule has 1 saturated heterocycles. The molecular weight excluding hydrogens is 466 g/mol. The van der Waals surface area contributed by atoms with Crippen LogP contribution in [0.25, 0.3) is 0 Å². The Kier molecular flexibility index (Phi) is 6.74. The molecule has 1 fully saturated rings. The fraction of sp³-hybridized carbons (Fsp3) is 0.276. The third-order valence-corrected chi connectivity index (χ3v) is 6.92. The van der Waals surface area contributed by atoms with Crippen molar-refractivity contribution in [3.8, 4) is 5.75 Å². The Balaban J connectivity index is 1.57. The van der Waals surface area contributed by atoms with Crippen LogP contribution in [0, 0.1) is 13.8 Å². The standard InChI is InChI=1S/C29H31N5OS/c1-19(2)35-24-10-8-23(9-11-24)34-28(27(32-29(34)36)26-7-5-6-14-31-26)25-17-20(3)33(21(25)4)18-22-12-15-30-16-13-22/h5-17,19,27-28H,18H2,1-4H3,(H,32,36). The summed E-state index contributed by atoms with van der Waals surface area (Å²) in [4.78, 5) is 11.1. The number of hydrogen-bond acceptors (Lipinski definition) is 4. The number of pyridine rings is 2. The number of rotatable bonds is 7. The molecular formula is C29H31N5OS. The molecule has 5 rings (SSSR count). The van der Waals surface area contributed by atoms with E-state index < -0.39 is 0 Å². The van der Waals surface area contributed by atoms with Crippen LogP contribution in [0.5, 0.6) is 5.75 Å². The number of ether oxygens (including phenoxy) is 1. The smallest absolute Gasteiger partial charge is 0.174 e. The van der Waals surface area contributed by atoms with Gasteiger partial charge in [0.15, 0.2) is 5.11 Å². The SMILES string of the molecule is Cc1cc(C2C(c3ccccn3)NC(=S)N2c2ccc(OC(C)C)cc2)c(C)n1Cc1ccncc1. The fourth-order valence-corrected chi connectivity index (χ4v) is 5.29. The highest BCUT2D eigenvalue weighted by molar-refractivity contribution is 7.80. The van der Waals surface area contributed by atoms with Crippen LogP contribution < -0.4 is 15.0 Å². The van der Waals surface area contributed by atoms with Crippen molar-refractivity contribution < 1.29 is 4.74 Å². The van der Waals surface area contributed by atoms with Crippen molar-refractivity contribution in [1.29, 1.82) is 0 Å². The molecule has 36 heavy (non-hydrogen) atoms. The highest BCUT2D eigenvalue weighted by Gasteiger charge is 2.42. The lowest BCUT2D eigenvalue weighted by atomic mass is 9.96. The van der Waals surface area contributed by atoms with Gasteiger partial charge in [0.2, 0.25) is 0 Å². The molecule has 1 aliphatic heterocycles. The van der Waals surface area contributed by atoms with Crippen molar-refractivity contribution in [1.82, 2.24) is 19.9 Å². The minimum Gasteiger partial charge on any atom is -0.491 e. The van der Waals surface area contributed by atoms with Crippen molar-refractivity contribution in [3.05, 3.63) is 107 Å². The van der Waals surface area contributed by atoms with Crippen LogP contribution in [0.15, 0.2) is 79.3 Å². The van der Waals surface area contributed by atoms with Crippen molar-refractivity contribution in [3.63, 3.8) is 0 Å². The number of anilines is 1. The number of nitrogens with one attached hydrogen (secondary N) is 1. The maximum absolute atomic E-state index is 5.91. The summed E-state index contributed by atoms with van der Waals surface area (Å²) in [6, 6.07) is 20.5. The van der Waals surface area contributed by atoms with Crippen molar-refractivity contribution >= 4 is 23.0 Å². The number of hydrogen-bond donors (Lipinski definition) is 1. The first-order valence-corrected chi connectivity index (χ1v) is 12.7. The summed E-state index contributed by atoms with van der Waals surface area (Å²) in [6.45, 7) is 9.21. The zero-order chi connectivity index (χ0) is 25.2. The quantitative estimate of drug-likeness (QED) is 0.321. The third-order valence-electron chi connectivity index (χ3n) is 6.61. The molecule has 1 aromatic carbocycles. The largest absolute Gasteiger partial charge is 0.491 e. The summed E-state index contributed by atoms with van der Waals surface area (Å²) in [6.07, 6.45) is 5.65. The van der Waals surface area contributed by atoms with Gasteiger partial charge < -0.3 is 19.5 Å². The highest BCUT2D eigenvalue weighted by atomic mass is 32.1. The Morgan fingerprint density at radius 2 is 1.75 bits per heavy atom. The predicted molar refractivity (Wildman–Crippen MR) is 147 cm³/mol. The number of thiocarbonyl (C=S) groups is 1. The Bertz CT molecular complexity index is 1340. The number of aryl methyl sites for hydroxylation is 1. The van der Waals surface area contributed by atoms with Gasteiger partial charge in [-0.05, 0) is 106 Å². The van der Waals surface area contributed by atoms with Crippen molar-refractivity contribution in [2.24, 2.45) is 0 Å². The number of aromatic nitrogens is 3. The van der Waals surface area contributed by atoms with E-state index in [4.69, 9.17) is 17.0 Å². The van der Waals surface area contributed by atoms with Gasteiger partial charge in [-0.1, -0.05) is 6.07 Å². The van der Waals surface area contributed by atoms with Crippen LogP contribution in [-0.4, -0.2) is 25.8 Å². The first-order chi connectivity index (χ1) is 17.4. The summed E-state index contributed by atoms with van der Waals surface area (Å²) < 4.78 is 8.23. The van der Waals surface area contributed by atoms with Crippen LogP contribution in [-0.2, 0) is 6.54 Å². The van der Waals surface area contributed by atoms with Crippen LogP contribution in [0.4, 0.5) is 5.69 Å². The highest BCUT2D eigenvalue weighted by Crippen LogP contribution is 2.43. The molecule has 4 heterocycles. The second-order valence-electron chi connectivity index (χ2n) is 9.43. The molecule has 0 amide bonds. The topological polar surface area (TPSA) is 55.2 Å². The van der Waals surface area contributed by atoms with Gasteiger partial charge in [0.25, 0.3) is 0 Å². The molecule has 7 heteroatoms. The second kappa shape index (κ2) is 10.1. The molecule has 1 aliphatic rings. The Labute approximate surface area is 218 Å². The van der Waals surface area contributed by atoms with Gasteiger partial charge in [0.1, 0.15) is 5.75 Å². The first-order valence-electron chi connectivity index (χ1n) is 12.3. The lowest BCUT2D eigenvalue weighted by Gasteiger charge is -2.28. The predicted octanol–water partition coefficient (Wildman–Crippen LogP) is 5.91. The molecule has 2 atom stereocenters. The molecule has 3 aromatic heterocycles. The van der Waals surface area contributed by atoms with Crippen molar-refractivity contribution in [2.45, 2.75) is 52.4 Å². The van der Waals surface area contributed by atoms with E-state index in [1.807, 2.05) is 56.7 Å². The van der Waals surface area contributed by atoms with E-state index in [9.17, 15) is 0 Å². The molecule has 0 saturated carbocycles. The van der Waals surface area contributed by atoms with Gasteiger partial charge in [-0.2, -0.15) is 0 Å². The van der Waals surface area contributed by atoms with E-state index in [1.165, 1.54) is 22.5 Å². The van der Waals surface area contributed by atoms with Gasteiger partial charge in [-0.15, -0.1) is 0 Å². The van der Waals surface area contributed by atoms with Gasteiger partial charge >= 0.3 is 0 Å². The van der Waals surface area contributed by atoms with Crippen LogP contribution in [0.1, 0.15) is 54.1 Å². The fourth-order valence-electron chi connectivity index (χ4n) is 4.95. The Morgan fingerprint density at radius 3 is 2.42 bits per heavy atom. The summed E-state index contributed by atoms with van der Waals surface area (Å²) >= 11 is 5.91. The van der Waals surface area contributed by atoms with E-state index in [-0.39, 0.29) is 18.2 Å². The van der Waals surface area contributed by atoms with Crippen LogP contribution in [0.2, 0.25) is 0 Å². The Hall–Kier alpha value is -3.71. The van der Waals surface area contributed by atoms with Crippen LogP contribution in [0.3, 0.4) is 0 Å². The van der Waals surface area contributed by atoms with Gasteiger partial charge in [0.05, 0.1) is 23.9 Å². The number of nitrogens with zero attached hydrogens (tertiary/aromatic N) is 4. The van der Waals surface area contributed by atoms with E-state index in [0.717, 1.165) is 23.7 Å². The molecule has 0 bridgehead atoms. The summed E-state index contributed by atoms with van der Waals surface area (Å²) in [5.74, 6) is 0.847. The van der Waals surface area contributed by atoms with E-state index in [2.05, 4.69) is 75.0 Å². The zero-order valence-electron chi connectivity index (χ0n) is 21.1. The molecule has 1 N–H and O–H groups in total. The second-order valence-corrected chi connectivity index (χ2v) is 9.81. The molecule has 0 aliphatic carbocycles. The van der Waals surface area contributed by atoms with E-state index in [1.54, 1.807) is 0 Å². The molecule has 2 unspecified atom stereocenters. The van der Waals surface area contributed by atoms with Gasteiger partial charge in [0, 0.05) is 42.2 Å². The molecule has 6 nitrogen and oxygen atoms in total. The normalized spacial score (nSPS) is 17.5. The summed E-state index contributed by atoms with van der Waals surface area (Å²) in [7, 11) is 0. The Morgan fingerprint density at radius 1 is 1.00 bits per heavy atom. The van der Waals surface area contributed by atoms with E-state index in [0.29, 0.717) is 5.11 Å². The first kappa shape index (κ1) is 24.0. The van der Waals surface area contributed by atoms with Gasteiger partial charge in [-0.3, -0.25) is 9.97 Å². The molecule has 184 valence electrons. The lowest BCUT2D eigenvalue weighted by molar-refractivity contribution is 0.242. The molecule has 4 aromatic rings. The number of benzene rings is 1. The lowest BCUT2D eigenvalue weighted by Crippen LogP contribution is -2.29. The summed E-state index contributed by atoms with van der Waals surface area (Å²) in [5, 5.41) is 4.25. The zero-order valence-corrected chi connectivity index (χ0v) is 21.9. The third kappa shape index (κ3) is 4.71. The minimum absolute atomic E-state index is 0.0540. The maximum atomic E-state index is 5.91. The summed E-state index contributed by atoms with van der Waals surface area (Å²) in [5.41, 5.74) is 6.85. The average molecular weight is 498 g/mol. The molecule has 0 spiro atoms. The minimum atomic E-state index is -0.0832. The average Bonchev–Trinajstić information content (AvgIpc) is 3.36. The van der Waals surface area contributed by atoms with E-state index >= 15 is 0 Å². The van der Waals surface area contributed by atoms with Gasteiger partial charge in [-0.25, -0.2) is 0 Å². The maximum Gasteiger partial charge on any atom is 0.174 e. The van der Waals surface area contributed by atoms with Crippen LogP contribution >= 0.6 is 12.2 Å². The monoisotopic (exact) mass is 497 g/mol. The molecule has 0 radical (unpaired) electrons. The van der Waals surface area contributed by atoms with Crippen molar-refractivity contribution in [2.75, 3.05) is 4.90 Å².